The van der Waals surface area contributed by atoms with Crippen LogP contribution in [0.3, 0.4) is 0 Å². The molecule has 2 aromatic rings. The molecule has 1 N–H and O–H groups in total. The second-order valence-corrected chi connectivity index (χ2v) is 3.49. The fourth-order valence-corrected chi connectivity index (χ4v) is 1.49. The lowest BCUT2D eigenvalue weighted by molar-refractivity contribution is 0.387. The Morgan fingerprint density at radius 3 is 2.94 bits per heavy atom. The first-order valence-electron chi connectivity index (χ1n) is 5.20. The van der Waals surface area contributed by atoms with Gasteiger partial charge in [0.2, 0.25) is 0 Å². The summed E-state index contributed by atoms with van der Waals surface area (Å²) in [4.78, 5) is 3.92. The van der Waals surface area contributed by atoms with Gasteiger partial charge in [0.15, 0.2) is 17.3 Å². The van der Waals surface area contributed by atoms with Gasteiger partial charge in [-0.3, -0.25) is 0 Å². The summed E-state index contributed by atoms with van der Waals surface area (Å²) >= 11 is 0. The van der Waals surface area contributed by atoms with Crippen molar-refractivity contribution < 1.29 is 9.13 Å². The molecule has 0 saturated heterocycles. The summed E-state index contributed by atoms with van der Waals surface area (Å²) in [6, 6.07) is 9.79. The van der Waals surface area contributed by atoms with Gasteiger partial charge in [-0.05, 0) is 24.3 Å². The summed E-state index contributed by atoms with van der Waals surface area (Å²) in [5.74, 6) is -0.294. The molecular formula is C13H10FN3O. The molecule has 4 nitrogen and oxygen atoms in total. The van der Waals surface area contributed by atoms with Gasteiger partial charge in [0.05, 0.1) is 12.8 Å². The van der Waals surface area contributed by atoms with Crippen molar-refractivity contribution in [2.45, 2.75) is 0 Å². The van der Waals surface area contributed by atoms with E-state index in [0.717, 1.165) is 0 Å². The smallest absolute Gasteiger partial charge is 0.165 e. The standard InChI is InChI=1S/C13H10FN3O/c1-18-13-7-9(4-5-10(13)14)17-11-3-2-6-16-12(11)8-15/h2-7,17H,1H3. The van der Waals surface area contributed by atoms with E-state index in [1.54, 1.807) is 18.2 Å². The van der Waals surface area contributed by atoms with Crippen LogP contribution < -0.4 is 10.1 Å². The average molecular weight is 243 g/mol. The quantitative estimate of drug-likeness (QED) is 0.900. The lowest BCUT2D eigenvalue weighted by Gasteiger charge is -2.09. The molecule has 0 atom stereocenters. The molecule has 0 aliphatic carbocycles. The first-order valence-corrected chi connectivity index (χ1v) is 5.20. The number of methoxy groups -OCH3 is 1. The molecule has 90 valence electrons. The van der Waals surface area contributed by atoms with Crippen LogP contribution in [0.25, 0.3) is 0 Å². The number of rotatable bonds is 3. The Hall–Kier alpha value is -2.61. The molecule has 0 saturated carbocycles. The first kappa shape index (κ1) is 11.9. The molecule has 0 spiro atoms. The highest BCUT2D eigenvalue weighted by molar-refractivity contribution is 5.65. The van der Waals surface area contributed by atoms with Crippen LogP contribution in [0.5, 0.6) is 5.75 Å². The molecule has 2 rings (SSSR count). The number of pyridine rings is 1. The van der Waals surface area contributed by atoms with Crippen LogP contribution in [0.2, 0.25) is 0 Å². The minimum Gasteiger partial charge on any atom is -0.494 e. The fraction of sp³-hybridized carbons (Fsp3) is 0.0769. The van der Waals surface area contributed by atoms with Gasteiger partial charge in [-0.25, -0.2) is 9.37 Å². The van der Waals surface area contributed by atoms with E-state index >= 15 is 0 Å². The fourth-order valence-electron chi connectivity index (χ4n) is 1.49. The van der Waals surface area contributed by atoms with Gasteiger partial charge in [-0.2, -0.15) is 5.26 Å². The van der Waals surface area contributed by atoms with Crippen molar-refractivity contribution >= 4 is 11.4 Å². The molecule has 1 heterocycles. The number of hydrogen-bond donors (Lipinski definition) is 1. The van der Waals surface area contributed by atoms with Crippen molar-refractivity contribution in [1.29, 1.82) is 5.26 Å². The van der Waals surface area contributed by atoms with E-state index in [1.807, 2.05) is 6.07 Å². The van der Waals surface area contributed by atoms with Crippen LogP contribution in [-0.2, 0) is 0 Å². The molecule has 0 aliphatic heterocycles. The Morgan fingerprint density at radius 1 is 1.39 bits per heavy atom. The Labute approximate surface area is 104 Å². The molecule has 1 aromatic heterocycles. The Balaban J connectivity index is 2.32. The van der Waals surface area contributed by atoms with Crippen LogP contribution in [-0.4, -0.2) is 12.1 Å². The molecule has 0 radical (unpaired) electrons. The Bertz CT molecular complexity index is 607. The number of ether oxygens (including phenoxy) is 1. The maximum atomic E-state index is 13.2. The van der Waals surface area contributed by atoms with E-state index in [-0.39, 0.29) is 11.4 Å². The van der Waals surface area contributed by atoms with Gasteiger partial charge in [0.1, 0.15) is 6.07 Å². The Kier molecular flexibility index (Phi) is 3.39. The predicted molar refractivity (Wildman–Crippen MR) is 65.2 cm³/mol. The number of nitrogens with one attached hydrogen (secondary N) is 1. The lowest BCUT2D eigenvalue weighted by Crippen LogP contribution is -1.96. The van der Waals surface area contributed by atoms with Gasteiger partial charge in [0, 0.05) is 18.0 Å². The van der Waals surface area contributed by atoms with E-state index in [4.69, 9.17) is 10.00 Å². The minimum absolute atomic E-state index is 0.141. The number of hydrogen-bond acceptors (Lipinski definition) is 4. The monoisotopic (exact) mass is 243 g/mol. The van der Waals surface area contributed by atoms with Gasteiger partial charge in [0.25, 0.3) is 0 Å². The van der Waals surface area contributed by atoms with Gasteiger partial charge in [-0.1, -0.05) is 0 Å². The molecule has 18 heavy (non-hydrogen) atoms. The largest absolute Gasteiger partial charge is 0.494 e. The molecule has 0 amide bonds. The highest BCUT2D eigenvalue weighted by atomic mass is 19.1. The molecule has 0 aliphatic rings. The number of aromatic nitrogens is 1. The van der Waals surface area contributed by atoms with Crippen molar-refractivity contribution in [2.24, 2.45) is 0 Å². The van der Waals surface area contributed by atoms with Crippen molar-refractivity contribution in [2.75, 3.05) is 12.4 Å². The zero-order chi connectivity index (χ0) is 13.0. The second-order valence-electron chi connectivity index (χ2n) is 3.49. The van der Waals surface area contributed by atoms with E-state index in [1.165, 1.54) is 25.4 Å². The van der Waals surface area contributed by atoms with Crippen LogP contribution in [0.4, 0.5) is 15.8 Å². The zero-order valence-electron chi connectivity index (χ0n) is 9.64. The SMILES string of the molecule is COc1cc(Nc2cccnc2C#N)ccc1F. The van der Waals surface area contributed by atoms with Gasteiger partial charge < -0.3 is 10.1 Å². The van der Waals surface area contributed by atoms with Crippen molar-refractivity contribution in [3.63, 3.8) is 0 Å². The first-order chi connectivity index (χ1) is 8.74. The minimum atomic E-state index is -0.435. The van der Waals surface area contributed by atoms with Crippen molar-refractivity contribution in [3.05, 3.63) is 48.0 Å². The van der Waals surface area contributed by atoms with E-state index in [9.17, 15) is 4.39 Å². The summed E-state index contributed by atoms with van der Waals surface area (Å²) in [6.07, 6.45) is 1.54. The van der Waals surface area contributed by atoms with E-state index in [2.05, 4.69) is 10.3 Å². The molecule has 1 aromatic carbocycles. The summed E-state index contributed by atoms with van der Waals surface area (Å²) in [6.45, 7) is 0. The maximum Gasteiger partial charge on any atom is 0.165 e. The molecule has 0 bridgehead atoms. The third-order valence-corrected chi connectivity index (χ3v) is 2.34. The second kappa shape index (κ2) is 5.15. The predicted octanol–water partition coefficient (Wildman–Crippen LogP) is 2.84. The van der Waals surface area contributed by atoms with Crippen LogP contribution in [0.1, 0.15) is 5.69 Å². The summed E-state index contributed by atoms with van der Waals surface area (Å²) in [7, 11) is 1.40. The highest BCUT2D eigenvalue weighted by Gasteiger charge is 2.06. The third-order valence-electron chi connectivity index (χ3n) is 2.34. The molecular weight excluding hydrogens is 233 g/mol. The zero-order valence-corrected chi connectivity index (χ0v) is 9.64. The number of benzene rings is 1. The number of halogens is 1. The van der Waals surface area contributed by atoms with Crippen molar-refractivity contribution in [3.8, 4) is 11.8 Å². The van der Waals surface area contributed by atoms with Crippen LogP contribution in [0.15, 0.2) is 36.5 Å². The Morgan fingerprint density at radius 2 is 2.22 bits per heavy atom. The number of nitriles is 1. The van der Waals surface area contributed by atoms with Crippen LogP contribution in [0, 0.1) is 17.1 Å². The molecule has 0 unspecified atom stereocenters. The van der Waals surface area contributed by atoms with Crippen LogP contribution >= 0.6 is 0 Å². The normalized spacial score (nSPS) is 9.61. The average Bonchev–Trinajstić information content (AvgIpc) is 2.41. The number of anilines is 2. The van der Waals surface area contributed by atoms with Gasteiger partial charge in [-0.15, -0.1) is 0 Å². The van der Waals surface area contributed by atoms with Crippen molar-refractivity contribution in [1.82, 2.24) is 4.98 Å². The molecule has 0 fully saturated rings. The highest BCUT2D eigenvalue weighted by Crippen LogP contribution is 2.25. The maximum absolute atomic E-state index is 13.2. The lowest BCUT2D eigenvalue weighted by atomic mass is 10.2. The van der Waals surface area contributed by atoms with E-state index in [0.29, 0.717) is 11.4 Å². The van der Waals surface area contributed by atoms with E-state index < -0.39 is 5.82 Å². The summed E-state index contributed by atoms with van der Waals surface area (Å²) < 4.78 is 18.1. The number of nitrogens with zero attached hydrogens (tertiary/aromatic N) is 2. The molecule has 5 heteroatoms. The van der Waals surface area contributed by atoms with Gasteiger partial charge >= 0.3 is 0 Å². The summed E-state index contributed by atoms with van der Waals surface area (Å²) in [5.41, 5.74) is 1.47. The summed E-state index contributed by atoms with van der Waals surface area (Å²) in [5, 5.41) is 11.9. The third kappa shape index (κ3) is 2.38. The topological polar surface area (TPSA) is 57.9 Å².